The molecule has 2 aromatic rings. The Kier molecular flexibility index (Phi) is 4.19. The highest BCUT2D eigenvalue weighted by atomic mass is 32.2. The summed E-state index contributed by atoms with van der Waals surface area (Å²) in [7, 11) is -2.62. The zero-order valence-corrected chi connectivity index (χ0v) is 12.2. The van der Waals surface area contributed by atoms with Gasteiger partial charge in [-0.05, 0) is 19.1 Å². The maximum atomic E-state index is 13.6. The van der Waals surface area contributed by atoms with E-state index in [1.54, 1.807) is 0 Å². The van der Waals surface area contributed by atoms with E-state index in [0.717, 1.165) is 6.07 Å². The molecule has 0 amide bonds. The van der Waals surface area contributed by atoms with Crippen LogP contribution in [0.5, 0.6) is 5.75 Å². The highest BCUT2D eigenvalue weighted by Gasteiger charge is 2.21. The summed E-state index contributed by atoms with van der Waals surface area (Å²) in [6.45, 7) is 1.05. The molecule has 0 aliphatic rings. The molecule has 0 radical (unpaired) electrons. The van der Waals surface area contributed by atoms with Crippen molar-refractivity contribution >= 4 is 15.7 Å². The van der Waals surface area contributed by atoms with Crippen LogP contribution in [0.25, 0.3) is 0 Å². The minimum atomic E-state index is -3.93. The smallest absolute Gasteiger partial charge is 0.265 e. The number of aryl methyl sites for hydroxylation is 1. The zero-order valence-electron chi connectivity index (χ0n) is 11.4. The lowest BCUT2D eigenvalue weighted by atomic mass is 10.3. The summed E-state index contributed by atoms with van der Waals surface area (Å²) in [5.74, 6) is -0.396. The van der Waals surface area contributed by atoms with Gasteiger partial charge in [0, 0.05) is 12.1 Å². The number of methoxy groups -OCH3 is 1. The number of halogens is 1. The maximum absolute atomic E-state index is 13.6. The SMILES string of the molecule is COc1ccc(NS(=O)(=O)c2cc(CO)oc2C)cc1F. The number of furan rings is 1. The van der Waals surface area contributed by atoms with Gasteiger partial charge in [0.2, 0.25) is 0 Å². The first-order chi connectivity index (χ1) is 9.87. The van der Waals surface area contributed by atoms with E-state index in [0.29, 0.717) is 0 Å². The molecule has 2 rings (SSSR count). The maximum Gasteiger partial charge on any atom is 0.265 e. The first-order valence-electron chi connectivity index (χ1n) is 5.94. The van der Waals surface area contributed by atoms with Gasteiger partial charge in [-0.3, -0.25) is 4.72 Å². The quantitative estimate of drug-likeness (QED) is 0.881. The third kappa shape index (κ3) is 3.17. The molecule has 0 bridgehead atoms. The van der Waals surface area contributed by atoms with Crippen LogP contribution in [-0.2, 0) is 16.6 Å². The van der Waals surface area contributed by atoms with E-state index in [1.807, 2.05) is 0 Å². The average Bonchev–Trinajstić information content (AvgIpc) is 2.81. The number of nitrogens with one attached hydrogen (secondary N) is 1. The van der Waals surface area contributed by atoms with E-state index in [2.05, 4.69) is 4.72 Å². The van der Waals surface area contributed by atoms with Gasteiger partial charge < -0.3 is 14.3 Å². The lowest BCUT2D eigenvalue weighted by molar-refractivity contribution is 0.245. The number of rotatable bonds is 5. The largest absolute Gasteiger partial charge is 0.494 e. The summed E-state index contributed by atoms with van der Waals surface area (Å²) in [5, 5.41) is 8.95. The fourth-order valence-corrected chi connectivity index (χ4v) is 3.06. The molecule has 0 aliphatic heterocycles. The van der Waals surface area contributed by atoms with Crippen LogP contribution >= 0.6 is 0 Å². The summed E-state index contributed by atoms with van der Waals surface area (Å²) < 4.78 is 50.1. The van der Waals surface area contributed by atoms with E-state index in [-0.39, 0.29) is 27.9 Å². The van der Waals surface area contributed by atoms with Crippen molar-refractivity contribution in [3.05, 3.63) is 41.6 Å². The monoisotopic (exact) mass is 315 g/mol. The van der Waals surface area contributed by atoms with Crippen LogP contribution in [0.2, 0.25) is 0 Å². The molecule has 1 heterocycles. The van der Waals surface area contributed by atoms with E-state index in [1.165, 1.54) is 32.2 Å². The number of aliphatic hydroxyl groups excluding tert-OH is 1. The van der Waals surface area contributed by atoms with Gasteiger partial charge >= 0.3 is 0 Å². The molecule has 114 valence electrons. The Morgan fingerprint density at radius 3 is 2.62 bits per heavy atom. The van der Waals surface area contributed by atoms with Crippen molar-refractivity contribution < 1.29 is 27.1 Å². The second-order valence-corrected chi connectivity index (χ2v) is 5.90. The van der Waals surface area contributed by atoms with Gasteiger partial charge in [-0.1, -0.05) is 0 Å². The Morgan fingerprint density at radius 2 is 2.10 bits per heavy atom. The van der Waals surface area contributed by atoms with Crippen LogP contribution in [0.1, 0.15) is 11.5 Å². The highest BCUT2D eigenvalue weighted by Crippen LogP contribution is 2.25. The summed E-state index contributed by atoms with van der Waals surface area (Å²) >= 11 is 0. The second kappa shape index (κ2) is 5.74. The van der Waals surface area contributed by atoms with Crippen molar-refractivity contribution in [2.24, 2.45) is 0 Å². The lowest BCUT2D eigenvalue weighted by Crippen LogP contribution is -2.13. The molecular formula is C13H14FNO5S. The number of benzene rings is 1. The first-order valence-corrected chi connectivity index (χ1v) is 7.42. The van der Waals surface area contributed by atoms with E-state index >= 15 is 0 Å². The summed E-state index contributed by atoms with van der Waals surface area (Å²) in [6.07, 6.45) is 0. The van der Waals surface area contributed by atoms with Gasteiger partial charge in [0.15, 0.2) is 11.6 Å². The summed E-state index contributed by atoms with van der Waals surface area (Å²) in [5.41, 5.74) is 0.0550. The topological polar surface area (TPSA) is 88.8 Å². The molecule has 21 heavy (non-hydrogen) atoms. The van der Waals surface area contributed by atoms with Crippen LogP contribution < -0.4 is 9.46 Å². The fraction of sp³-hybridized carbons (Fsp3) is 0.231. The summed E-state index contributed by atoms with van der Waals surface area (Å²) in [4.78, 5) is -0.109. The van der Waals surface area contributed by atoms with Crippen LogP contribution in [0.4, 0.5) is 10.1 Å². The van der Waals surface area contributed by atoms with Gasteiger partial charge in [0.25, 0.3) is 10.0 Å². The van der Waals surface area contributed by atoms with Gasteiger partial charge in [-0.25, -0.2) is 12.8 Å². The Labute approximate surface area is 121 Å². The Balaban J connectivity index is 2.32. The lowest BCUT2D eigenvalue weighted by Gasteiger charge is -2.08. The number of ether oxygens (including phenoxy) is 1. The molecular weight excluding hydrogens is 301 g/mol. The van der Waals surface area contributed by atoms with E-state index in [4.69, 9.17) is 14.3 Å². The molecule has 6 nitrogen and oxygen atoms in total. The molecule has 2 N–H and O–H groups in total. The van der Waals surface area contributed by atoms with Crippen LogP contribution in [0, 0.1) is 12.7 Å². The number of hydrogen-bond donors (Lipinski definition) is 2. The Hall–Kier alpha value is -2.06. The molecule has 0 saturated heterocycles. The Morgan fingerprint density at radius 1 is 1.38 bits per heavy atom. The molecule has 1 aromatic heterocycles. The summed E-state index contributed by atoms with van der Waals surface area (Å²) in [6, 6.07) is 4.92. The first kappa shape index (κ1) is 15.3. The minimum Gasteiger partial charge on any atom is -0.494 e. The van der Waals surface area contributed by atoms with Crippen LogP contribution in [0.3, 0.4) is 0 Å². The number of sulfonamides is 1. The van der Waals surface area contributed by atoms with E-state index in [9.17, 15) is 12.8 Å². The van der Waals surface area contributed by atoms with Gasteiger partial charge in [-0.2, -0.15) is 0 Å². The number of hydrogen-bond acceptors (Lipinski definition) is 5. The predicted octanol–water partition coefficient (Wildman–Crippen LogP) is 2.03. The van der Waals surface area contributed by atoms with Crippen LogP contribution in [0.15, 0.2) is 33.6 Å². The van der Waals surface area contributed by atoms with E-state index < -0.39 is 22.4 Å². The molecule has 1 aromatic carbocycles. The van der Waals surface area contributed by atoms with Crippen molar-refractivity contribution in [3.8, 4) is 5.75 Å². The standard InChI is InChI=1S/C13H14FNO5S/c1-8-13(6-10(7-16)20-8)21(17,18)15-9-3-4-12(19-2)11(14)5-9/h3-6,15-16H,7H2,1-2H3. The second-order valence-electron chi connectivity index (χ2n) is 4.25. The van der Waals surface area contributed by atoms with Gasteiger partial charge in [0.05, 0.1) is 12.8 Å². The van der Waals surface area contributed by atoms with Crippen molar-refractivity contribution in [1.29, 1.82) is 0 Å². The molecule has 0 spiro atoms. The third-order valence-corrected chi connectivity index (χ3v) is 4.26. The average molecular weight is 315 g/mol. The fourth-order valence-electron chi connectivity index (χ4n) is 1.81. The van der Waals surface area contributed by atoms with Gasteiger partial charge in [-0.15, -0.1) is 0 Å². The van der Waals surface area contributed by atoms with Crippen molar-refractivity contribution in [1.82, 2.24) is 0 Å². The Bertz CT molecular complexity index is 754. The van der Waals surface area contributed by atoms with Crippen LogP contribution in [-0.4, -0.2) is 20.6 Å². The number of aliphatic hydroxyl groups is 1. The van der Waals surface area contributed by atoms with Gasteiger partial charge in [0.1, 0.15) is 23.0 Å². The van der Waals surface area contributed by atoms with Crippen molar-refractivity contribution in [2.75, 3.05) is 11.8 Å². The number of anilines is 1. The molecule has 8 heteroatoms. The molecule has 0 fully saturated rings. The molecule has 0 aliphatic carbocycles. The normalized spacial score (nSPS) is 11.4. The highest BCUT2D eigenvalue weighted by molar-refractivity contribution is 7.92. The molecule has 0 atom stereocenters. The van der Waals surface area contributed by atoms with Crippen molar-refractivity contribution in [2.45, 2.75) is 18.4 Å². The molecule has 0 unspecified atom stereocenters. The van der Waals surface area contributed by atoms with Crippen molar-refractivity contribution in [3.63, 3.8) is 0 Å². The predicted molar refractivity (Wildman–Crippen MR) is 73.1 cm³/mol. The minimum absolute atomic E-state index is 0.0139. The zero-order chi connectivity index (χ0) is 15.6. The molecule has 0 saturated carbocycles. The third-order valence-electron chi connectivity index (χ3n) is 2.77.